The van der Waals surface area contributed by atoms with E-state index >= 15 is 0 Å². The number of hydrogen-bond donors (Lipinski definition) is 2. The third-order valence-electron chi connectivity index (χ3n) is 1.84. The molecule has 0 aliphatic rings. The van der Waals surface area contributed by atoms with Crippen LogP contribution in [-0.2, 0) is 10.0 Å². The standard InChI is InChI=1S/C8H9FN2O3S/c1-4-2-6(9)5(8(10)12)3-7(4)15(11,13)14/h2-3H,1H3,(H2,10,12)(H2,11,13,14). The van der Waals surface area contributed by atoms with Gasteiger partial charge in [-0.2, -0.15) is 0 Å². The Labute approximate surface area is 85.9 Å². The number of carbonyl (C=O) groups is 1. The second-order valence-corrected chi connectivity index (χ2v) is 4.54. The van der Waals surface area contributed by atoms with Gasteiger partial charge in [-0.3, -0.25) is 4.79 Å². The highest BCUT2D eigenvalue weighted by Gasteiger charge is 2.17. The van der Waals surface area contributed by atoms with Gasteiger partial charge in [0.25, 0.3) is 5.91 Å². The largest absolute Gasteiger partial charge is 0.366 e. The van der Waals surface area contributed by atoms with Crippen LogP contribution in [0.25, 0.3) is 0 Å². The number of halogens is 1. The Balaban J connectivity index is 3.58. The summed E-state index contributed by atoms with van der Waals surface area (Å²) in [6.07, 6.45) is 0. The molecular weight excluding hydrogens is 223 g/mol. The number of sulfonamides is 1. The number of carbonyl (C=O) groups excluding carboxylic acids is 1. The summed E-state index contributed by atoms with van der Waals surface area (Å²) in [5, 5.41) is 4.87. The molecule has 0 saturated carbocycles. The third kappa shape index (κ3) is 2.31. The van der Waals surface area contributed by atoms with Gasteiger partial charge >= 0.3 is 0 Å². The van der Waals surface area contributed by atoms with Crippen molar-refractivity contribution >= 4 is 15.9 Å². The van der Waals surface area contributed by atoms with E-state index in [1.165, 1.54) is 6.92 Å². The minimum Gasteiger partial charge on any atom is -0.366 e. The van der Waals surface area contributed by atoms with E-state index in [4.69, 9.17) is 10.9 Å². The van der Waals surface area contributed by atoms with E-state index in [2.05, 4.69) is 0 Å². The van der Waals surface area contributed by atoms with Crippen LogP contribution < -0.4 is 10.9 Å². The molecule has 0 unspecified atom stereocenters. The Morgan fingerprint density at radius 3 is 2.33 bits per heavy atom. The molecule has 0 bridgehead atoms. The van der Waals surface area contributed by atoms with Crippen molar-refractivity contribution in [2.45, 2.75) is 11.8 Å². The van der Waals surface area contributed by atoms with Crippen molar-refractivity contribution in [3.8, 4) is 0 Å². The number of primary sulfonamides is 1. The van der Waals surface area contributed by atoms with Crippen LogP contribution in [0.4, 0.5) is 4.39 Å². The van der Waals surface area contributed by atoms with Gasteiger partial charge in [0.1, 0.15) is 5.82 Å². The van der Waals surface area contributed by atoms with Crippen molar-refractivity contribution in [1.82, 2.24) is 0 Å². The number of benzene rings is 1. The molecule has 0 fully saturated rings. The molecular formula is C8H9FN2O3S. The number of aryl methyl sites for hydroxylation is 1. The molecule has 0 aliphatic carbocycles. The van der Waals surface area contributed by atoms with Gasteiger partial charge in [-0.1, -0.05) is 0 Å². The number of hydrogen-bond acceptors (Lipinski definition) is 3. The van der Waals surface area contributed by atoms with Crippen LogP contribution >= 0.6 is 0 Å². The normalized spacial score (nSPS) is 11.4. The first-order valence-corrected chi connectivity index (χ1v) is 5.41. The van der Waals surface area contributed by atoms with E-state index in [1.54, 1.807) is 0 Å². The van der Waals surface area contributed by atoms with Crippen LogP contribution in [0.3, 0.4) is 0 Å². The Morgan fingerprint density at radius 1 is 1.40 bits per heavy atom. The van der Waals surface area contributed by atoms with Crippen LogP contribution in [0.1, 0.15) is 15.9 Å². The number of rotatable bonds is 2. The molecule has 0 radical (unpaired) electrons. The van der Waals surface area contributed by atoms with E-state index in [1.807, 2.05) is 0 Å². The average molecular weight is 232 g/mol. The van der Waals surface area contributed by atoms with Crippen molar-refractivity contribution in [2.75, 3.05) is 0 Å². The van der Waals surface area contributed by atoms with Gasteiger partial charge in [-0.25, -0.2) is 17.9 Å². The molecule has 4 N–H and O–H groups in total. The molecule has 0 heterocycles. The van der Waals surface area contributed by atoms with Crippen LogP contribution in [-0.4, -0.2) is 14.3 Å². The molecule has 15 heavy (non-hydrogen) atoms. The maximum absolute atomic E-state index is 13.1. The van der Waals surface area contributed by atoms with E-state index in [0.29, 0.717) is 0 Å². The van der Waals surface area contributed by atoms with E-state index in [0.717, 1.165) is 12.1 Å². The molecule has 5 nitrogen and oxygen atoms in total. The second-order valence-electron chi connectivity index (χ2n) is 3.01. The molecule has 0 atom stereocenters. The maximum atomic E-state index is 13.1. The van der Waals surface area contributed by atoms with Crippen LogP contribution in [0, 0.1) is 12.7 Å². The highest BCUT2D eigenvalue weighted by atomic mass is 32.2. The minimum atomic E-state index is -3.98. The Morgan fingerprint density at radius 2 is 1.93 bits per heavy atom. The highest BCUT2D eigenvalue weighted by molar-refractivity contribution is 7.89. The molecule has 1 aromatic rings. The number of amides is 1. The van der Waals surface area contributed by atoms with Gasteiger partial charge in [0.15, 0.2) is 0 Å². The van der Waals surface area contributed by atoms with Gasteiger partial charge in [-0.05, 0) is 24.6 Å². The second kappa shape index (κ2) is 3.59. The number of primary amides is 1. The predicted octanol–water partition coefficient (Wildman–Crippen LogP) is -0.120. The fourth-order valence-corrected chi connectivity index (χ4v) is 1.94. The fraction of sp³-hybridized carbons (Fsp3) is 0.125. The number of nitrogens with two attached hydrogens (primary N) is 2. The fourth-order valence-electron chi connectivity index (χ4n) is 1.15. The maximum Gasteiger partial charge on any atom is 0.251 e. The summed E-state index contributed by atoms with van der Waals surface area (Å²) in [6.45, 7) is 1.37. The average Bonchev–Trinajstić information content (AvgIpc) is 2.00. The molecule has 82 valence electrons. The Kier molecular flexibility index (Phi) is 2.78. The summed E-state index contributed by atoms with van der Waals surface area (Å²) < 4.78 is 35.2. The van der Waals surface area contributed by atoms with Crippen LogP contribution in [0.5, 0.6) is 0 Å². The molecule has 1 amide bonds. The van der Waals surface area contributed by atoms with Crippen LogP contribution in [0.2, 0.25) is 0 Å². The molecule has 0 spiro atoms. The summed E-state index contributed by atoms with van der Waals surface area (Å²) in [5.41, 5.74) is 4.49. The summed E-state index contributed by atoms with van der Waals surface area (Å²) in [6, 6.07) is 1.74. The molecule has 0 aromatic heterocycles. The van der Waals surface area contributed by atoms with Gasteiger partial charge in [0, 0.05) is 0 Å². The minimum absolute atomic E-state index is 0.125. The highest BCUT2D eigenvalue weighted by Crippen LogP contribution is 2.18. The first-order valence-electron chi connectivity index (χ1n) is 3.86. The van der Waals surface area contributed by atoms with Gasteiger partial charge in [0.2, 0.25) is 10.0 Å². The first-order chi connectivity index (χ1) is 6.73. The summed E-state index contributed by atoms with van der Waals surface area (Å²) >= 11 is 0. The third-order valence-corrected chi connectivity index (χ3v) is 2.89. The van der Waals surface area contributed by atoms with Gasteiger partial charge in [0.05, 0.1) is 10.5 Å². The molecule has 0 saturated heterocycles. The molecule has 7 heteroatoms. The predicted molar refractivity (Wildman–Crippen MR) is 51.0 cm³/mol. The van der Waals surface area contributed by atoms with Crippen LogP contribution in [0.15, 0.2) is 17.0 Å². The molecule has 0 aliphatic heterocycles. The van der Waals surface area contributed by atoms with Gasteiger partial charge in [-0.15, -0.1) is 0 Å². The summed E-state index contributed by atoms with van der Waals surface area (Å²) in [7, 11) is -3.98. The Hall–Kier alpha value is -1.47. The van der Waals surface area contributed by atoms with E-state index in [9.17, 15) is 17.6 Å². The zero-order valence-electron chi connectivity index (χ0n) is 7.82. The van der Waals surface area contributed by atoms with Crippen molar-refractivity contribution in [1.29, 1.82) is 0 Å². The molecule has 1 rings (SSSR count). The molecule has 1 aromatic carbocycles. The topological polar surface area (TPSA) is 103 Å². The quantitative estimate of drug-likeness (QED) is 0.742. The van der Waals surface area contributed by atoms with Crippen molar-refractivity contribution in [3.63, 3.8) is 0 Å². The van der Waals surface area contributed by atoms with E-state index < -0.39 is 27.3 Å². The van der Waals surface area contributed by atoms with E-state index in [-0.39, 0.29) is 10.5 Å². The summed E-state index contributed by atoms with van der Waals surface area (Å²) in [4.78, 5) is 10.5. The van der Waals surface area contributed by atoms with Crippen molar-refractivity contribution in [2.24, 2.45) is 10.9 Å². The zero-order chi connectivity index (χ0) is 11.8. The zero-order valence-corrected chi connectivity index (χ0v) is 8.64. The van der Waals surface area contributed by atoms with Crippen molar-refractivity contribution in [3.05, 3.63) is 29.1 Å². The lowest BCUT2D eigenvalue weighted by molar-refractivity contribution is 0.0996. The lowest BCUT2D eigenvalue weighted by Gasteiger charge is -2.06. The summed E-state index contributed by atoms with van der Waals surface area (Å²) in [5.74, 6) is -1.91. The Bertz CT molecular complexity index is 525. The lowest BCUT2D eigenvalue weighted by atomic mass is 10.1. The monoisotopic (exact) mass is 232 g/mol. The SMILES string of the molecule is Cc1cc(F)c(C(N)=O)cc1S(N)(=O)=O. The smallest absolute Gasteiger partial charge is 0.251 e. The lowest BCUT2D eigenvalue weighted by Crippen LogP contribution is -2.18. The van der Waals surface area contributed by atoms with Gasteiger partial charge < -0.3 is 5.73 Å². The van der Waals surface area contributed by atoms with Crippen molar-refractivity contribution < 1.29 is 17.6 Å². The first kappa shape index (κ1) is 11.6.